The number of thiazole rings is 1. The van der Waals surface area contributed by atoms with Crippen molar-refractivity contribution in [2.24, 2.45) is 0 Å². The van der Waals surface area contributed by atoms with Gasteiger partial charge in [-0.2, -0.15) is 0 Å². The van der Waals surface area contributed by atoms with Crippen LogP contribution in [0.5, 0.6) is 0 Å². The van der Waals surface area contributed by atoms with Crippen molar-refractivity contribution in [3.63, 3.8) is 0 Å². The van der Waals surface area contributed by atoms with E-state index in [9.17, 15) is 14.0 Å². The Kier molecular flexibility index (Phi) is 6.44. The first-order valence-corrected chi connectivity index (χ1v) is 12.5. The molecule has 9 heteroatoms. The lowest BCUT2D eigenvalue weighted by molar-refractivity contribution is 0.0626. The highest BCUT2D eigenvalue weighted by molar-refractivity contribution is 7.09. The molecule has 180 valence electrons. The summed E-state index contributed by atoms with van der Waals surface area (Å²) in [7, 11) is 0. The Bertz CT molecular complexity index is 1440. The van der Waals surface area contributed by atoms with Crippen LogP contribution in [0.3, 0.4) is 0 Å². The zero-order valence-electron chi connectivity index (χ0n) is 19.7. The molecule has 35 heavy (non-hydrogen) atoms. The van der Waals surface area contributed by atoms with Gasteiger partial charge in [0.2, 0.25) is 5.43 Å². The first kappa shape index (κ1) is 23.3. The molecule has 1 aliphatic heterocycles. The number of rotatable bonds is 5. The monoisotopic (exact) mass is 491 g/mol. The minimum Gasteiger partial charge on any atom is -0.336 e. The second-order valence-corrected chi connectivity index (χ2v) is 9.63. The summed E-state index contributed by atoms with van der Waals surface area (Å²) in [6.45, 7) is 7.67. The van der Waals surface area contributed by atoms with E-state index in [0.29, 0.717) is 50.3 Å². The number of aromatic nitrogens is 3. The fourth-order valence-corrected chi connectivity index (χ4v) is 5.21. The highest BCUT2D eigenvalue weighted by atomic mass is 32.1. The van der Waals surface area contributed by atoms with Gasteiger partial charge in [-0.1, -0.05) is 0 Å². The van der Waals surface area contributed by atoms with E-state index in [1.807, 2.05) is 23.8 Å². The van der Waals surface area contributed by atoms with Crippen molar-refractivity contribution < 1.29 is 9.18 Å². The second kappa shape index (κ2) is 9.67. The van der Waals surface area contributed by atoms with Gasteiger partial charge in [0.1, 0.15) is 22.0 Å². The summed E-state index contributed by atoms with van der Waals surface area (Å²) in [4.78, 5) is 39.6. The van der Waals surface area contributed by atoms with Crippen LogP contribution in [0.2, 0.25) is 0 Å². The number of amides is 1. The van der Waals surface area contributed by atoms with Crippen molar-refractivity contribution in [1.82, 2.24) is 24.3 Å². The van der Waals surface area contributed by atoms with Gasteiger partial charge in [-0.15, -0.1) is 11.3 Å². The van der Waals surface area contributed by atoms with Crippen LogP contribution in [0.1, 0.15) is 28.0 Å². The van der Waals surface area contributed by atoms with Crippen LogP contribution in [-0.4, -0.2) is 56.4 Å². The molecule has 1 fully saturated rings. The van der Waals surface area contributed by atoms with E-state index in [4.69, 9.17) is 4.98 Å². The van der Waals surface area contributed by atoms with Gasteiger partial charge in [-0.25, -0.2) is 14.4 Å². The van der Waals surface area contributed by atoms with Crippen LogP contribution in [0.4, 0.5) is 4.39 Å². The normalized spacial score (nSPS) is 14.5. The Balaban J connectivity index is 1.26. The lowest BCUT2D eigenvalue weighted by Crippen LogP contribution is -2.49. The van der Waals surface area contributed by atoms with Crippen LogP contribution in [-0.2, 0) is 13.1 Å². The summed E-state index contributed by atoms with van der Waals surface area (Å²) in [6, 6.07) is 9.90. The molecule has 7 nitrogen and oxygen atoms in total. The highest BCUT2D eigenvalue weighted by Gasteiger charge is 2.26. The van der Waals surface area contributed by atoms with Crippen LogP contribution in [0.25, 0.3) is 22.3 Å². The molecular weight excluding hydrogens is 465 g/mol. The molecule has 1 saturated heterocycles. The fourth-order valence-electron chi connectivity index (χ4n) is 4.36. The number of fused-ring (bicyclic) bond motifs is 1. The zero-order chi connectivity index (χ0) is 24.5. The third-order valence-electron chi connectivity index (χ3n) is 6.34. The molecule has 0 aliphatic carbocycles. The minimum atomic E-state index is -0.263. The van der Waals surface area contributed by atoms with Crippen molar-refractivity contribution in [1.29, 1.82) is 0 Å². The summed E-state index contributed by atoms with van der Waals surface area (Å²) in [5.41, 5.74) is 3.11. The van der Waals surface area contributed by atoms with E-state index in [0.717, 1.165) is 22.0 Å². The number of carbonyl (C=O) groups excluding carboxylic acids is 1. The van der Waals surface area contributed by atoms with E-state index in [2.05, 4.69) is 9.88 Å². The molecule has 0 unspecified atom stereocenters. The summed E-state index contributed by atoms with van der Waals surface area (Å²) < 4.78 is 15.1. The smallest absolute Gasteiger partial charge is 0.259 e. The summed E-state index contributed by atoms with van der Waals surface area (Å²) in [6.07, 6.45) is 1.65. The van der Waals surface area contributed by atoms with E-state index in [1.54, 1.807) is 46.7 Å². The number of halogens is 1. The first-order valence-electron chi connectivity index (χ1n) is 11.7. The average molecular weight is 492 g/mol. The lowest BCUT2D eigenvalue weighted by atomic mass is 10.1. The molecule has 1 aliphatic rings. The molecule has 5 rings (SSSR count). The molecule has 1 amide bonds. The topological polar surface area (TPSA) is 71.3 Å². The quantitative estimate of drug-likeness (QED) is 0.423. The molecule has 3 aromatic heterocycles. The third kappa shape index (κ3) is 4.74. The van der Waals surface area contributed by atoms with E-state index in [-0.39, 0.29) is 22.7 Å². The maximum absolute atomic E-state index is 13.3. The highest BCUT2D eigenvalue weighted by Crippen LogP contribution is 2.23. The van der Waals surface area contributed by atoms with Gasteiger partial charge in [0.05, 0.1) is 17.6 Å². The molecule has 0 atom stereocenters. The Morgan fingerprint density at radius 2 is 1.80 bits per heavy atom. The van der Waals surface area contributed by atoms with Crippen molar-refractivity contribution in [2.45, 2.75) is 26.9 Å². The van der Waals surface area contributed by atoms with Gasteiger partial charge in [-0.05, 0) is 50.2 Å². The Hall–Kier alpha value is -3.43. The number of aryl methyl sites for hydroxylation is 2. The number of hydrogen-bond acceptors (Lipinski definition) is 6. The summed E-state index contributed by atoms with van der Waals surface area (Å²) >= 11 is 1.58. The molecule has 0 radical (unpaired) electrons. The second-order valence-electron chi connectivity index (χ2n) is 8.68. The van der Waals surface area contributed by atoms with Gasteiger partial charge in [0.25, 0.3) is 5.91 Å². The van der Waals surface area contributed by atoms with E-state index in [1.165, 1.54) is 12.1 Å². The number of pyridine rings is 2. The molecule has 1 aromatic carbocycles. The maximum Gasteiger partial charge on any atom is 0.259 e. The lowest BCUT2D eigenvalue weighted by Gasteiger charge is -2.34. The summed E-state index contributed by atoms with van der Waals surface area (Å²) in [5.74, 6) is -0.493. The predicted octanol–water partition coefficient (Wildman–Crippen LogP) is 3.95. The summed E-state index contributed by atoms with van der Waals surface area (Å²) in [5, 5.41) is 3.44. The Morgan fingerprint density at radius 1 is 1.06 bits per heavy atom. The number of carbonyl (C=O) groups is 1. The van der Waals surface area contributed by atoms with E-state index >= 15 is 0 Å². The molecule has 0 N–H and O–H groups in total. The SMILES string of the molecule is CCn1cc(C(=O)N2CCN(Cc3nc(-c4ccc(F)cc4)cs3)CC2)c(=O)c2ccc(C)nc21. The van der Waals surface area contributed by atoms with Crippen LogP contribution < -0.4 is 5.43 Å². The average Bonchev–Trinajstić information content (AvgIpc) is 3.33. The predicted molar refractivity (Wildman–Crippen MR) is 135 cm³/mol. The van der Waals surface area contributed by atoms with Crippen molar-refractivity contribution in [3.8, 4) is 11.3 Å². The van der Waals surface area contributed by atoms with Crippen LogP contribution in [0, 0.1) is 12.7 Å². The minimum absolute atomic E-state index is 0.197. The Morgan fingerprint density at radius 3 is 2.51 bits per heavy atom. The first-order chi connectivity index (χ1) is 16.9. The van der Waals surface area contributed by atoms with Gasteiger partial charge < -0.3 is 9.47 Å². The van der Waals surface area contributed by atoms with Gasteiger partial charge in [0, 0.05) is 55.6 Å². The van der Waals surface area contributed by atoms with E-state index < -0.39 is 0 Å². The van der Waals surface area contributed by atoms with Crippen molar-refractivity contribution >= 4 is 28.3 Å². The zero-order valence-corrected chi connectivity index (χ0v) is 20.5. The number of piperazine rings is 1. The molecule has 4 heterocycles. The largest absolute Gasteiger partial charge is 0.336 e. The van der Waals surface area contributed by atoms with Gasteiger partial charge in [-0.3, -0.25) is 14.5 Å². The standard InChI is InChI=1S/C26H26FN5O2S/c1-3-31-14-21(24(33)20-9-4-17(2)28-25(20)31)26(34)32-12-10-30(11-13-32)15-23-29-22(16-35-23)18-5-7-19(27)8-6-18/h4-9,14,16H,3,10-13,15H2,1-2H3. The Labute approximate surface area is 206 Å². The third-order valence-corrected chi connectivity index (χ3v) is 7.18. The molecule has 0 bridgehead atoms. The van der Waals surface area contributed by atoms with Crippen LogP contribution in [0.15, 0.2) is 52.8 Å². The van der Waals surface area contributed by atoms with Gasteiger partial charge in [0.15, 0.2) is 0 Å². The molecule has 0 saturated carbocycles. The maximum atomic E-state index is 13.3. The number of nitrogens with zero attached hydrogens (tertiary/aromatic N) is 5. The van der Waals surface area contributed by atoms with Crippen molar-refractivity contribution in [3.05, 3.63) is 80.3 Å². The van der Waals surface area contributed by atoms with Gasteiger partial charge >= 0.3 is 0 Å². The molecule has 0 spiro atoms. The number of hydrogen-bond donors (Lipinski definition) is 0. The molecule has 4 aromatic rings. The molecular formula is C26H26FN5O2S. The fraction of sp³-hybridized carbons (Fsp3) is 0.308. The number of benzene rings is 1. The van der Waals surface area contributed by atoms with Crippen molar-refractivity contribution in [2.75, 3.05) is 26.2 Å². The van der Waals surface area contributed by atoms with Crippen LogP contribution >= 0.6 is 11.3 Å².